The average Bonchev–Trinajstić information content (AvgIpc) is 3.09. The van der Waals surface area contributed by atoms with Crippen molar-refractivity contribution in [2.45, 2.75) is 13.0 Å². The number of aromatic nitrogens is 2. The van der Waals surface area contributed by atoms with E-state index in [0.717, 1.165) is 47.4 Å². The van der Waals surface area contributed by atoms with E-state index in [0.29, 0.717) is 13.2 Å². The summed E-state index contributed by atoms with van der Waals surface area (Å²) in [6.45, 7) is 2.78. The van der Waals surface area contributed by atoms with Crippen LogP contribution in [0.1, 0.15) is 12.1 Å². The summed E-state index contributed by atoms with van der Waals surface area (Å²) in [6.07, 6.45) is 5.06. The SMILES string of the molecule is COCCn1ccc2c(C3=CCOCC3)nc(-c3cccc(O)c3)cc21. The van der Waals surface area contributed by atoms with Crippen molar-refractivity contribution in [3.8, 4) is 17.0 Å². The molecule has 2 aromatic heterocycles. The molecule has 5 nitrogen and oxygen atoms in total. The first kappa shape index (κ1) is 16.8. The van der Waals surface area contributed by atoms with Crippen molar-refractivity contribution in [1.82, 2.24) is 9.55 Å². The van der Waals surface area contributed by atoms with Gasteiger partial charge in [0.05, 0.1) is 36.7 Å². The lowest BCUT2D eigenvalue weighted by atomic mass is 10.0. The van der Waals surface area contributed by atoms with Gasteiger partial charge < -0.3 is 19.1 Å². The molecular formula is C21H22N2O3. The second kappa shape index (κ2) is 7.32. The minimum absolute atomic E-state index is 0.242. The van der Waals surface area contributed by atoms with Gasteiger partial charge >= 0.3 is 0 Å². The summed E-state index contributed by atoms with van der Waals surface area (Å²) in [5, 5.41) is 11.0. The summed E-state index contributed by atoms with van der Waals surface area (Å²) in [6, 6.07) is 11.4. The van der Waals surface area contributed by atoms with Gasteiger partial charge in [0.15, 0.2) is 0 Å². The van der Waals surface area contributed by atoms with E-state index in [-0.39, 0.29) is 5.75 Å². The van der Waals surface area contributed by atoms with Gasteiger partial charge in [-0.15, -0.1) is 0 Å². The average molecular weight is 350 g/mol. The molecular weight excluding hydrogens is 328 g/mol. The molecule has 3 heterocycles. The second-order valence-electron chi connectivity index (χ2n) is 6.40. The Morgan fingerprint density at radius 1 is 1.27 bits per heavy atom. The van der Waals surface area contributed by atoms with Crippen LogP contribution >= 0.6 is 0 Å². The first-order valence-corrected chi connectivity index (χ1v) is 8.81. The number of nitrogens with zero attached hydrogens (tertiary/aromatic N) is 2. The van der Waals surface area contributed by atoms with Crippen molar-refractivity contribution in [1.29, 1.82) is 0 Å². The standard InChI is InChI=1S/C21H22N2O3/c1-25-12-9-23-8-5-18-20(23)14-19(16-3-2-4-17(24)13-16)22-21(18)15-6-10-26-11-7-15/h2-6,8,13-14,24H,7,9-12H2,1H3. The molecule has 0 aliphatic carbocycles. The molecule has 134 valence electrons. The van der Waals surface area contributed by atoms with E-state index in [9.17, 15) is 5.11 Å². The third-order valence-corrected chi connectivity index (χ3v) is 4.71. The number of fused-ring (bicyclic) bond motifs is 1. The minimum Gasteiger partial charge on any atom is -0.508 e. The van der Waals surface area contributed by atoms with Gasteiger partial charge in [-0.05, 0) is 36.3 Å². The van der Waals surface area contributed by atoms with Crippen molar-refractivity contribution in [3.05, 3.63) is 54.4 Å². The lowest BCUT2D eigenvalue weighted by molar-refractivity contribution is 0.161. The van der Waals surface area contributed by atoms with Gasteiger partial charge in [-0.2, -0.15) is 0 Å². The van der Waals surface area contributed by atoms with Crippen LogP contribution in [0.4, 0.5) is 0 Å². The number of ether oxygens (including phenoxy) is 2. The Balaban J connectivity index is 1.90. The summed E-state index contributed by atoms with van der Waals surface area (Å²) in [5.74, 6) is 0.242. The molecule has 0 spiro atoms. The lowest BCUT2D eigenvalue weighted by Crippen LogP contribution is -2.06. The lowest BCUT2D eigenvalue weighted by Gasteiger charge is -2.16. The van der Waals surface area contributed by atoms with Crippen LogP contribution in [0.5, 0.6) is 5.75 Å². The molecule has 0 amide bonds. The molecule has 0 atom stereocenters. The largest absolute Gasteiger partial charge is 0.508 e. The number of benzene rings is 1. The van der Waals surface area contributed by atoms with Crippen LogP contribution < -0.4 is 0 Å². The van der Waals surface area contributed by atoms with E-state index >= 15 is 0 Å². The second-order valence-corrected chi connectivity index (χ2v) is 6.40. The normalized spacial score (nSPS) is 14.6. The number of aromatic hydroxyl groups is 1. The number of phenols is 1. The van der Waals surface area contributed by atoms with Gasteiger partial charge in [-0.3, -0.25) is 0 Å². The highest BCUT2D eigenvalue weighted by Crippen LogP contribution is 2.32. The zero-order valence-electron chi connectivity index (χ0n) is 14.8. The monoisotopic (exact) mass is 350 g/mol. The summed E-state index contributed by atoms with van der Waals surface area (Å²) in [4.78, 5) is 4.95. The Hall–Kier alpha value is -2.63. The number of methoxy groups -OCH3 is 1. The Bertz CT molecular complexity index is 959. The molecule has 1 aromatic carbocycles. The first-order chi connectivity index (χ1) is 12.8. The molecule has 1 N–H and O–H groups in total. The van der Waals surface area contributed by atoms with E-state index in [1.165, 1.54) is 5.57 Å². The van der Waals surface area contributed by atoms with Crippen LogP contribution in [0.15, 0.2) is 48.7 Å². The number of hydrogen-bond donors (Lipinski definition) is 1. The summed E-state index contributed by atoms with van der Waals surface area (Å²) < 4.78 is 12.9. The number of hydrogen-bond acceptors (Lipinski definition) is 4. The number of rotatable bonds is 5. The van der Waals surface area contributed by atoms with Gasteiger partial charge in [-0.1, -0.05) is 18.2 Å². The first-order valence-electron chi connectivity index (χ1n) is 8.81. The molecule has 5 heteroatoms. The predicted octanol–water partition coefficient (Wildman–Crippen LogP) is 3.86. The van der Waals surface area contributed by atoms with Crippen LogP contribution in [-0.2, 0) is 16.0 Å². The maximum absolute atomic E-state index is 9.86. The highest BCUT2D eigenvalue weighted by atomic mass is 16.5. The van der Waals surface area contributed by atoms with Crippen molar-refractivity contribution < 1.29 is 14.6 Å². The predicted molar refractivity (Wildman–Crippen MR) is 102 cm³/mol. The van der Waals surface area contributed by atoms with Crippen molar-refractivity contribution in [3.63, 3.8) is 0 Å². The highest BCUT2D eigenvalue weighted by molar-refractivity contribution is 5.93. The maximum Gasteiger partial charge on any atom is 0.116 e. The van der Waals surface area contributed by atoms with E-state index < -0.39 is 0 Å². The Morgan fingerprint density at radius 2 is 2.19 bits per heavy atom. The summed E-state index contributed by atoms with van der Waals surface area (Å²) in [5.41, 5.74) is 5.10. The molecule has 1 aliphatic rings. The number of pyridine rings is 1. The zero-order valence-corrected chi connectivity index (χ0v) is 14.8. The third-order valence-electron chi connectivity index (χ3n) is 4.71. The van der Waals surface area contributed by atoms with E-state index in [1.54, 1.807) is 19.2 Å². The topological polar surface area (TPSA) is 56.5 Å². The van der Waals surface area contributed by atoms with Crippen LogP contribution in [0.2, 0.25) is 0 Å². The molecule has 4 rings (SSSR count). The Morgan fingerprint density at radius 3 is 2.96 bits per heavy atom. The molecule has 3 aromatic rings. The van der Waals surface area contributed by atoms with Gasteiger partial charge in [0, 0.05) is 30.8 Å². The van der Waals surface area contributed by atoms with Crippen molar-refractivity contribution in [2.75, 3.05) is 26.9 Å². The van der Waals surface area contributed by atoms with E-state index in [2.05, 4.69) is 29.0 Å². The van der Waals surface area contributed by atoms with Gasteiger partial charge in [0.25, 0.3) is 0 Å². The quantitative estimate of drug-likeness (QED) is 0.759. The summed E-state index contributed by atoms with van der Waals surface area (Å²) in [7, 11) is 1.71. The minimum atomic E-state index is 0.242. The molecule has 0 fully saturated rings. The fraction of sp³-hybridized carbons (Fsp3) is 0.286. The molecule has 0 radical (unpaired) electrons. The van der Waals surface area contributed by atoms with E-state index in [1.807, 2.05) is 12.1 Å². The fourth-order valence-electron chi connectivity index (χ4n) is 3.37. The molecule has 0 saturated carbocycles. The molecule has 0 unspecified atom stereocenters. The summed E-state index contributed by atoms with van der Waals surface area (Å²) >= 11 is 0. The van der Waals surface area contributed by atoms with E-state index in [4.69, 9.17) is 14.5 Å². The maximum atomic E-state index is 9.86. The Kier molecular flexibility index (Phi) is 4.73. The Labute approximate surface area is 152 Å². The van der Waals surface area contributed by atoms with Crippen LogP contribution in [-0.4, -0.2) is 41.6 Å². The molecule has 1 aliphatic heterocycles. The fourth-order valence-corrected chi connectivity index (χ4v) is 3.37. The van der Waals surface area contributed by atoms with Crippen LogP contribution in [0.25, 0.3) is 27.7 Å². The molecule has 26 heavy (non-hydrogen) atoms. The highest BCUT2D eigenvalue weighted by Gasteiger charge is 2.16. The van der Waals surface area contributed by atoms with Crippen molar-refractivity contribution in [2.24, 2.45) is 0 Å². The molecule has 0 bridgehead atoms. The van der Waals surface area contributed by atoms with Gasteiger partial charge in [0.2, 0.25) is 0 Å². The van der Waals surface area contributed by atoms with Crippen LogP contribution in [0.3, 0.4) is 0 Å². The van der Waals surface area contributed by atoms with Crippen LogP contribution in [0, 0.1) is 0 Å². The number of phenolic OH excluding ortho intramolecular Hbond substituents is 1. The van der Waals surface area contributed by atoms with Gasteiger partial charge in [0.1, 0.15) is 5.75 Å². The van der Waals surface area contributed by atoms with Gasteiger partial charge in [-0.25, -0.2) is 4.98 Å². The van der Waals surface area contributed by atoms with Crippen molar-refractivity contribution >= 4 is 16.5 Å². The zero-order chi connectivity index (χ0) is 17.9. The smallest absolute Gasteiger partial charge is 0.116 e. The third kappa shape index (κ3) is 3.23. The molecule has 0 saturated heterocycles.